The number of carbonyl (C=O) groups excluding carboxylic acids is 1. The highest BCUT2D eigenvalue weighted by Gasteiger charge is 2.68. The summed E-state index contributed by atoms with van der Waals surface area (Å²) < 4.78 is 80.4. The Morgan fingerprint density at radius 3 is 1.95 bits per heavy atom. The molecule has 0 aromatic rings. The average molecular weight is 292 g/mol. The second-order valence-electron chi connectivity index (χ2n) is 3.91. The molecule has 0 aromatic heterocycles. The zero-order valence-corrected chi connectivity index (χ0v) is 10.2. The molecule has 19 heavy (non-hydrogen) atoms. The minimum atomic E-state index is -5.40. The standard InChI is InChI=1S/C11H14F6O2/c1-3-8(18)19-7-5-6-9(4-2,10(12,13)14)11(15,16)17/h3H,1,4-7H2,2H3. The quantitative estimate of drug-likeness (QED) is 0.320. The van der Waals surface area contributed by atoms with Crippen LogP contribution in [0, 0.1) is 5.41 Å². The average Bonchev–Trinajstić information content (AvgIpc) is 2.25. The maximum absolute atomic E-state index is 12.7. The molecular formula is C11H14F6O2. The van der Waals surface area contributed by atoms with Gasteiger partial charge < -0.3 is 4.74 Å². The first-order valence-corrected chi connectivity index (χ1v) is 5.44. The number of halogens is 6. The van der Waals surface area contributed by atoms with Gasteiger partial charge in [0.15, 0.2) is 5.41 Å². The molecule has 2 nitrogen and oxygen atoms in total. The molecule has 0 aromatic carbocycles. The molecule has 0 heterocycles. The number of alkyl halides is 6. The molecule has 0 unspecified atom stereocenters. The smallest absolute Gasteiger partial charge is 0.403 e. The first-order valence-electron chi connectivity index (χ1n) is 5.44. The minimum Gasteiger partial charge on any atom is -0.463 e. The molecule has 8 heteroatoms. The number of esters is 1. The van der Waals surface area contributed by atoms with E-state index in [9.17, 15) is 31.1 Å². The molecule has 0 aliphatic rings. The predicted octanol–water partition coefficient (Wildman–Crippen LogP) is 4.02. The van der Waals surface area contributed by atoms with Gasteiger partial charge in [-0.25, -0.2) is 4.79 Å². The lowest BCUT2D eigenvalue weighted by Crippen LogP contribution is -2.49. The van der Waals surface area contributed by atoms with E-state index >= 15 is 0 Å². The van der Waals surface area contributed by atoms with Gasteiger partial charge in [0, 0.05) is 6.08 Å². The third kappa shape index (κ3) is 4.14. The molecule has 0 aliphatic carbocycles. The highest BCUT2D eigenvalue weighted by Crippen LogP contribution is 2.55. The van der Waals surface area contributed by atoms with E-state index in [-0.39, 0.29) is 0 Å². The Morgan fingerprint density at radius 2 is 1.63 bits per heavy atom. The minimum absolute atomic E-state index is 0.515. The Labute approximate surface area is 106 Å². The molecule has 0 N–H and O–H groups in total. The third-order valence-electron chi connectivity index (χ3n) is 2.85. The van der Waals surface area contributed by atoms with Crippen molar-refractivity contribution in [3.05, 3.63) is 12.7 Å². The monoisotopic (exact) mass is 292 g/mol. The van der Waals surface area contributed by atoms with E-state index in [1.165, 1.54) is 0 Å². The second-order valence-corrected chi connectivity index (χ2v) is 3.91. The number of ether oxygens (including phenoxy) is 1. The summed E-state index contributed by atoms with van der Waals surface area (Å²) in [6, 6.07) is 0. The van der Waals surface area contributed by atoms with Crippen molar-refractivity contribution in [1.29, 1.82) is 0 Å². The zero-order chi connectivity index (χ0) is 15.3. The topological polar surface area (TPSA) is 26.3 Å². The van der Waals surface area contributed by atoms with E-state index in [1.807, 2.05) is 0 Å². The predicted molar refractivity (Wildman–Crippen MR) is 55.2 cm³/mol. The maximum atomic E-state index is 12.7. The molecule has 0 atom stereocenters. The Bertz CT molecular complexity index is 304. The van der Waals surface area contributed by atoms with Crippen molar-refractivity contribution < 1.29 is 35.9 Å². The van der Waals surface area contributed by atoms with E-state index < -0.39 is 49.6 Å². The van der Waals surface area contributed by atoms with Gasteiger partial charge in [0.05, 0.1) is 6.61 Å². The second kappa shape index (κ2) is 6.29. The first-order chi connectivity index (χ1) is 8.52. The highest BCUT2D eigenvalue weighted by atomic mass is 19.4. The fourth-order valence-corrected chi connectivity index (χ4v) is 1.63. The Morgan fingerprint density at radius 1 is 1.16 bits per heavy atom. The Balaban J connectivity index is 4.80. The molecule has 0 spiro atoms. The van der Waals surface area contributed by atoms with Crippen LogP contribution in [0.5, 0.6) is 0 Å². The van der Waals surface area contributed by atoms with Crippen LogP contribution in [-0.4, -0.2) is 24.9 Å². The molecule has 0 aliphatic heterocycles. The molecule has 0 saturated carbocycles. The normalized spacial score (nSPS) is 13.2. The lowest BCUT2D eigenvalue weighted by molar-refractivity contribution is -0.344. The lowest BCUT2D eigenvalue weighted by atomic mass is 9.79. The zero-order valence-electron chi connectivity index (χ0n) is 10.2. The van der Waals surface area contributed by atoms with E-state index in [2.05, 4.69) is 11.3 Å². The fourth-order valence-electron chi connectivity index (χ4n) is 1.63. The first kappa shape index (κ1) is 17.8. The molecule has 0 amide bonds. The highest BCUT2D eigenvalue weighted by molar-refractivity contribution is 5.81. The van der Waals surface area contributed by atoms with Crippen LogP contribution in [0.2, 0.25) is 0 Å². The van der Waals surface area contributed by atoms with Gasteiger partial charge in [-0.1, -0.05) is 13.5 Å². The molecule has 0 rings (SSSR count). The maximum Gasteiger partial charge on any atom is 0.403 e. The van der Waals surface area contributed by atoms with Crippen LogP contribution in [0.15, 0.2) is 12.7 Å². The van der Waals surface area contributed by atoms with Crippen LogP contribution < -0.4 is 0 Å². The van der Waals surface area contributed by atoms with Crippen molar-refractivity contribution in [2.45, 2.75) is 38.5 Å². The number of rotatable bonds is 6. The van der Waals surface area contributed by atoms with Crippen molar-refractivity contribution in [2.24, 2.45) is 5.41 Å². The number of carbonyl (C=O) groups is 1. The summed E-state index contributed by atoms with van der Waals surface area (Å²) in [5, 5.41) is 0. The third-order valence-corrected chi connectivity index (χ3v) is 2.85. The van der Waals surface area contributed by atoms with Gasteiger partial charge in [-0.3, -0.25) is 0 Å². The van der Waals surface area contributed by atoms with Gasteiger partial charge in [-0.05, 0) is 19.3 Å². The number of hydrogen-bond acceptors (Lipinski definition) is 2. The van der Waals surface area contributed by atoms with Gasteiger partial charge >= 0.3 is 18.3 Å². The summed E-state index contributed by atoms with van der Waals surface area (Å²) in [4.78, 5) is 10.6. The van der Waals surface area contributed by atoms with Crippen LogP contribution in [0.4, 0.5) is 26.3 Å². The largest absolute Gasteiger partial charge is 0.463 e. The summed E-state index contributed by atoms with van der Waals surface area (Å²) >= 11 is 0. The van der Waals surface area contributed by atoms with Crippen molar-refractivity contribution in [2.75, 3.05) is 6.61 Å². The van der Waals surface area contributed by atoms with Crippen LogP contribution in [-0.2, 0) is 9.53 Å². The van der Waals surface area contributed by atoms with Gasteiger partial charge in [0.25, 0.3) is 0 Å². The van der Waals surface area contributed by atoms with Crippen LogP contribution in [0.3, 0.4) is 0 Å². The molecule has 0 radical (unpaired) electrons. The molecular weight excluding hydrogens is 278 g/mol. The van der Waals surface area contributed by atoms with E-state index in [4.69, 9.17) is 0 Å². The van der Waals surface area contributed by atoms with E-state index in [0.29, 0.717) is 0 Å². The van der Waals surface area contributed by atoms with Crippen LogP contribution in [0.25, 0.3) is 0 Å². The van der Waals surface area contributed by atoms with E-state index in [1.54, 1.807) is 0 Å². The Kier molecular flexibility index (Phi) is 5.89. The summed E-state index contributed by atoms with van der Waals surface area (Å²) in [5.74, 6) is -0.888. The summed E-state index contributed by atoms with van der Waals surface area (Å²) in [6.45, 7) is 3.36. The van der Waals surface area contributed by atoms with Gasteiger partial charge in [0.1, 0.15) is 0 Å². The fraction of sp³-hybridized carbons (Fsp3) is 0.727. The molecule has 112 valence electrons. The van der Waals surface area contributed by atoms with E-state index in [0.717, 1.165) is 13.0 Å². The van der Waals surface area contributed by atoms with Gasteiger partial charge in [-0.15, -0.1) is 0 Å². The van der Waals surface area contributed by atoms with Crippen LogP contribution in [0.1, 0.15) is 26.2 Å². The Hall–Kier alpha value is -1.21. The summed E-state index contributed by atoms with van der Waals surface area (Å²) in [7, 11) is 0. The molecule has 0 saturated heterocycles. The SMILES string of the molecule is C=CC(=O)OCCCC(CC)(C(F)(F)F)C(F)(F)F. The van der Waals surface area contributed by atoms with Crippen molar-refractivity contribution in [3.8, 4) is 0 Å². The lowest BCUT2D eigenvalue weighted by Gasteiger charge is -2.36. The molecule has 0 bridgehead atoms. The van der Waals surface area contributed by atoms with Crippen molar-refractivity contribution in [3.63, 3.8) is 0 Å². The molecule has 0 fully saturated rings. The van der Waals surface area contributed by atoms with Crippen molar-refractivity contribution in [1.82, 2.24) is 0 Å². The number of hydrogen-bond donors (Lipinski definition) is 0. The summed E-state index contributed by atoms with van der Waals surface area (Å²) in [6.07, 6.45) is -12.9. The van der Waals surface area contributed by atoms with Crippen LogP contribution >= 0.6 is 0 Å². The summed E-state index contributed by atoms with van der Waals surface area (Å²) in [5.41, 5.74) is -3.76. The van der Waals surface area contributed by atoms with Gasteiger partial charge in [-0.2, -0.15) is 26.3 Å². The van der Waals surface area contributed by atoms with Gasteiger partial charge in [0.2, 0.25) is 0 Å². The van der Waals surface area contributed by atoms with Crippen molar-refractivity contribution >= 4 is 5.97 Å².